The van der Waals surface area contributed by atoms with E-state index < -0.39 is 0 Å². The highest BCUT2D eigenvalue weighted by molar-refractivity contribution is 6.32. The Morgan fingerprint density at radius 1 is 0.932 bits per heavy atom. The van der Waals surface area contributed by atoms with E-state index in [-0.39, 0.29) is 11.9 Å². The lowest BCUT2D eigenvalue weighted by molar-refractivity contribution is 0.102. The standard InChI is InChI=1S/C34H23Cl2N7O/c35-23-10-8-22(9-11-23)32-25-15-24(36)16-26-28(25)29(33-30(38-19-42(32)33)21-6-2-1-3-7-21)31(40-26)34(44)41-27-12-14-39-43(27)18-20-5-4-13-37-17-20/h1-17,19,32,40H,18H2,(H,41,44). The largest absolute Gasteiger partial charge is 0.350 e. The molecule has 1 aliphatic rings. The lowest BCUT2D eigenvalue weighted by Gasteiger charge is -2.28. The number of anilines is 1. The summed E-state index contributed by atoms with van der Waals surface area (Å²) in [5, 5.41) is 9.66. The van der Waals surface area contributed by atoms with Crippen molar-refractivity contribution < 1.29 is 4.79 Å². The third-order valence-corrected chi connectivity index (χ3v) is 8.44. The van der Waals surface area contributed by atoms with Gasteiger partial charge in [-0.25, -0.2) is 9.67 Å². The number of H-pyrrole nitrogens is 1. The van der Waals surface area contributed by atoms with Crippen LogP contribution in [0.4, 0.5) is 5.82 Å². The summed E-state index contributed by atoms with van der Waals surface area (Å²) in [5.41, 5.74) is 7.46. The van der Waals surface area contributed by atoms with Crippen LogP contribution in [0.1, 0.15) is 33.2 Å². The molecular formula is C34H23Cl2N7O. The second-order valence-electron chi connectivity index (χ2n) is 10.7. The highest BCUT2D eigenvalue weighted by Gasteiger charge is 2.36. The van der Waals surface area contributed by atoms with Gasteiger partial charge in [0.2, 0.25) is 0 Å². The third kappa shape index (κ3) is 4.38. The van der Waals surface area contributed by atoms with Gasteiger partial charge in [0.25, 0.3) is 5.91 Å². The van der Waals surface area contributed by atoms with Crippen molar-refractivity contribution in [3.63, 3.8) is 0 Å². The molecule has 0 spiro atoms. The highest BCUT2D eigenvalue weighted by Crippen LogP contribution is 2.49. The molecule has 4 aromatic heterocycles. The Hall–Kier alpha value is -5.18. The van der Waals surface area contributed by atoms with Gasteiger partial charge >= 0.3 is 0 Å². The van der Waals surface area contributed by atoms with Crippen LogP contribution in [0, 0.1) is 0 Å². The van der Waals surface area contributed by atoms with Crippen LogP contribution in [0.3, 0.4) is 0 Å². The molecule has 0 bridgehead atoms. The first-order valence-electron chi connectivity index (χ1n) is 14.0. The minimum Gasteiger partial charge on any atom is -0.350 e. The predicted molar refractivity (Wildman–Crippen MR) is 172 cm³/mol. The molecule has 0 aliphatic carbocycles. The molecule has 8 nitrogen and oxygen atoms in total. The molecule has 7 aromatic rings. The van der Waals surface area contributed by atoms with E-state index in [1.54, 1.807) is 29.3 Å². The molecule has 5 heterocycles. The van der Waals surface area contributed by atoms with Crippen molar-refractivity contribution in [2.24, 2.45) is 0 Å². The van der Waals surface area contributed by atoms with Gasteiger partial charge in [0, 0.05) is 50.5 Å². The van der Waals surface area contributed by atoms with E-state index in [0.717, 1.165) is 50.1 Å². The molecule has 8 rings (SSSR count). The quantitative estimate of drug-likeness (QED) is 0.199. The molecule has 1 aliphatic heterocycles. The van der Waals surface area contributed by atoms with E-state index in [0.29, 0.717) is 28.1 Å². The van der Waals surface area contributed by atoms with Crippen LogP contribution in [0.5, 0.6) is 0 Å². The van der Waals surface area contributed by atoms with E-state index in [4.69, 9.17) is 28.2 Å². The molecule has 3 aromatic carbocycles. The number of hydrogen-bond donors (Lipinski definition) is 2. The molecule has 1 atom stereocenters. The second kappa shape index (κ2) is 10.5. The van der Waals surface area contributed by atoms with E-state index in [1.165, 1.54) is 0 Å². The van der Waals surface area contributed by atoms with Crippen LogP contribution in [0.2, 0.25) is 10.0 Å². The Balaban J connectivity index is 1.31. The normalized spacial score (nSPS) is 13.6. The smallest absolute Gasteiger partial charge is 0.273 e. The summed E-state index contributed by atoms with van der Waals surface area (Å²) < 4.78 is 3.86. The lowest BCUT2D eigenvalue weighted by Crippen LogP contribution is -2.20. The highest BCUT2D eigenvalue weighted by atomic mass is 35.5. The summed E-state index contributed by atoms with van der Waals surface area (Å²) >= 11 is 13.0. The number of pyridine rings is 1. The number of amides is 1. The number of benzene rings is 3. The van der Waals surface area contributed by atoms with Crippen LogP contribution in [-0.4, -0.2) is 35.2 Å². The van der Waals surface area contributed by atoms with Crippen LogP contribution in [0.15, 0.2) is 110 Å². The summed E-state index contributed by atoms with van der Waals surface area (Å²) in [4.78, 5) is 26.7. The maximum atomic E-state index is 14.2. The van der Waals surface area contributed by atoms with Gasteiger partial charge in [-0.2, -0.15) is 5.10 Å². The summed E-state index contributed by atoms with van der Waals surface area (Å²) in [6, 6.07) is 27.0. The molecule has 0 saturated heterocycles. The molecule has 44 heavy (non-hydrogen) atoms. The zero-order chi connectivity index (χ0) is 29.8. The number of nitrogens with zero attached hydrogens (tertiary/aromatic N) is 5. The van der Waals surface area contributed by atoms with Crippen LogP contribution in [0.25, 0.3) is 33.4 Å². The Bertz CT molecular complexity index is 2170. The average Bonchev–Trinajstić information content (AvgIpc) is 3.77. The zero-order valence-corrected chi connectivity index (χ0v) is 24.6. The monoisotopic (exact) mass is 615 g/mol. The van der Waals surface area contributed by atoms with Gasteiger partial charge in [-0.3, -0.25) is 9.78 Å². The van der Waals surface area contributed by atoms with E-state index in [2.05, 4.69) is 25.0 Å². The van der Waals surface area contributed by atoms with Crippen molar-refractivity contribution >= 4 is 45.8 Å². The van der Waals surface area contributed by atoms with Gasteiger partial charge in [-0.05, 0) is 47.0 Å². The van der Waals surface area contributed by atoms with Crippen molar-refractivity contribution in [1.82, 2.24) is 29.3 Å². The van der Waals surface area contributed by atoms with Crippen molar-refractivity contribution in [1.29, 1.82) is 0 Å². The zero-order valence-electron chi connectivity index (χ0n) is 23.1. The van der Waals surface area contributed by atoms with Crippen molar-refractivity contribution in [2.45, 2.75) is 12.6 Å². The van der Waals surface area contributed by atoms with Crippen molar-refractivity contribution in [3.8, 4) is 22.5 Å². The Kier molecular flexibility index (Phi) is 6.32. The first kappa shape index (κ1) is 26.4. The topological polar surface area (TPSA) is 93.4 Å². The summed E-state index contributed by atoms with van der Waals surface area (Å²) in [7, 11) is 0. The Morgan fingerprint density at radius 3 is 2.57 bits per heavy atom. The third-order valence-electron chi connectivity index (χ3n) is 7.97. The van der Waals surface area contributed by atoms with E-state index in [1.807, 2.05) is 85.2 Å². The van der Waals surface area contributed by atoms with Gasteiger partial charge in [0.15, 0.2) is 0 Å². The first-order chi connectivity index (χ1) is 21.5. The molecule has 0 fully saturated rings. The van der Waals surface area contributed by atoms with Crippen LogP contribution >= 0.6 is 23.2 Å². The van der Waals surface area contributed by atoms with Gasteiger partial charge < -0.3 is 14.9 Å². The Labute approximate surface area is 261 Å². The minimum absolute atomic E-state index is 0.242. The van der Waals surface area contributed by atoms with Gasteiger partial charge in [-0.1, -0.05) is 71.7 Å². The fourth-order valence-corrected chi connectivity index (χ4v) is 6.46. The number of imidazole rings is 1. The summed E-state index contributed by atoms with van der Waals surface area (Å²) in [6.45, 7) is 0.462. The second-order valence-corrected chi connectivity index (χ2v) is 11.5. The molecule has 1 unspecified atom stereocenters. The summed E-state index contributed by atoms with van der Waals surface area (Å²) in [6.07, 6.45) is 7.01. The number of hydrogen-bond acceptors (Lipinski definition) is 4. The number of aromatic nitrogens is 6. The molecule has 0 saturated carbocycles. The average molecular weight is 617 g/mol. The predicted octanol–water partition coefficient (Wildman–Crippen LogP) is 7.85. The van der Waals surface area contributed by atoms with Gasteiger partial charge in [0.05, 0.1) is 36.5 Å². The molecular weight excluding hydrogens is 593 g/mol. The fourth-order valence-electron chi connectivity index (χ4n) is 6.11. The molecule has 2 N–H and O–H groups in total. The minimum atomic E-state index is -0.303. The Morgan fingerprint density at radius 2 is 1.77 bits per heavy atom. The van der Waals surface area contributed by atoms with Gasteiger partial charge in [-0.15, -0.1) is 0 Å². The molecule has 10 heteroatoms. The van der Waals surface area contributed by atoms with E-state index >= 15 is 0 Å². The maximum Gasteiger partial charge on any atom is 0.273 e. The lowest BCUT2D eigenvalue weighted by atomic mass is 9.88. The number of aromatic amines is 1. The fraction of sp³-hybridized carbons (Fsp3) is 0.0588. The summed E-state index contributed by atoms with van der Waals surface area (Å²) in [5.74, 6) is 0.262. The number of carbonyl (C=O) groups excluding carboxylic acids is 1. The van der Waals surface area contributed by atoms with Crippen molar-refractivity contribution in [3.05, 3.63) is 142 Å². The number of nitrogens with one attached hydrogen (secondary N) is 2. The number of halogens is 2. The number of rotatable bonds is 6. The van der Waals surface area contributed by atoms with Gasteiger partial charge in [0.1, 0.15) is 11.5 Å². The van der Waals surface area contributed by atoms with Crippen molar-refractivity contribution in [2.75, 3.05) is 5.32 Å². The molecule has 214 valence electrons. The number of carbonyl (C=O) groups is 1. The number of fused-ring (bicyclic) bond motifs is 2. The van der Waals surface area contributed by atoms with E-state index in [9.17, 15) is 4.79 Å². The molecule has 0 radical (unpaired) electrons. The maximum absolute atomic E-state index is 14.2. The van der Waals surface area contributed by atoms with Crippen LogP contribution < -0.4 is 5.32 Å². The van der Waals surface area contributed by atoms with Crippen LogP contribution in [-0.2, 0) is 6.54 Å². The molecule has 1 amide bonds. The first-order valence-corrected chi connectivity index (χ1v) is 14.8. The SMILES string of the molecule is O=C(Nc1ccnn1Cc1cccnc1)c1[nH]c2cc(Cl)cc3c2c1-c1c(-c2ccccc2)ncn1C3c1ccc(Cl)cc1.